The summed E-state index contributed by atoms with van der Waals surface area (Å²) in [5.41, 5.74) is 0. The van der Waals surface area contributed by atoms with Gasteiger partial charge in [0.25, 0.3) is 0 Å². The van der Waals surface area contributed by atoms with Gasteiger partial charge in [0.2, 0.25) is 0 Å². The van der Waals surface area contributed by atoms with Gasteiger partial charge in [-0.1, -0.05) is 11.8 Å². The van der Waals surface area contributed by atoms with Crippen LogP contribution in [0.25, 0.3) is 0 Å². The fourth-order valence-corrected chi connectivity index (χ4v) is 2.90. The molecule has 0 bridgehead atoms. The monoisotopic (exact) mass is 255 g/mol. The number of aromatic carboxylic acids is 1. The molecule has 2 aromatic heterocycles. The van der Waals surface area contributed by atoms with E-state index in [1.165, 1.54) is 29.4 Å². The van der Waals surface area contributed by atoms with Crippen molar-refractivity contribution >= 4 is 29.1 Å². The minimum Gasteiger partial charge on any atom is -0.477 e. The van der Waals surface area contributed by atoms with E-state index in [-0.39, 0.29) is 0 Å². The van der Waals surface area contributed by atoms with Gasteiger partial charge in [-0.3, -0.25) is 0 Å². The number of aryl methyl sites for hydroxylation is 1. The Bertz CT molecular complexity index is 506. The van der Waals surface area contributed by atoms with Gasteiger partial charge in [0.15, 0.2) is 5.16 Å². The smallest absolute Gasteiger partial charge is 0.345 e. The summed E-state index contributed by atoms with van der Waals surface area (Å²) in [5.74, 6) is -0.162. The molecule has 0 atom stereocenters. The average molecular weight is 255 g/mol. The van der Waals surface area contributed by atoms with Crippen LogP contribution in [-0.4, -0.2) is 25.8 Å². The van der Waals surface area contributed by atoms with Crippen molar-refractivity contribution in [1.82, 2.24) is 14.8 Å². The number of hydrogen-bond acceptors (Lipinski definition) is 5. The van der Waals surface area contributed by atoms with Crippen LogP contribution in [0.2, 0.25) is 0 Å². The van der Waals surface area contributed by atoms with E-state index in [4.69, 9.17) is 5.11 Å². The first-order valence-corrected chi connectivity index (χ1v) is 6.26. The molecule has 16 heavy (non-hydrogen) atoms. The van der Waals surface area contributed by atoms with Crippen LogP contribution in [-0.2, 0) is 12.8 Å². The van der Waals surface area contributed by atoms with Crippen molar-refractivity contribution in [2.24, 2.45) is 7.05 Å². The van der Waals surface area contributed by atoms with Crippen LogP contribution in [0.4, 0.5) is 0 Å². The molecule has 0 fully saturated rings. The van der Waals surface area contributed by atoms with Gasteiger partial charge in [-0.05, 0) is 12.1 Å². The minimum atomic E-state index is -0.875. The van der Waals surface area contributed by atoms with Gasteiger partial charge in [-0.2, -0.15) is 5.10 Å². The average Bonchev–Trinajstić information content (AvgIpc) is 2.83. The number of thiophene rings is 1. The van der Waals surface area contributed by atoms with Gasteiger partial charge in [0.1, 0.15) is 11.2 Å². The maximum absolute atomic E-state index is 10.7. The normalized spacial score (nSPS) is 10.6. The van der Waals surface area contributed by atoms with E-state index in [0.29, 0.717) is 10.6 Å². The number of rotatable bonds is 4. The molecule has 0 saturated heterocycles. The van der Waals surface area contributed by atoms with Crippen molar-refractivity contribution in [3.8, 4) is 0 Å². The largest absolute Gasteiger partial charge is 0.477 e. The first kappa shape index (κ1) is 11.2. The summed E-state index contributed by atoms with van der Waals surface area (Å²) >= 11 is 2.83. The van der Waals surface area contributed by atoms with Crippen LogP contribution in [0.15, 0.2) is 23.6 Å². The third kappa shape index (κ3) is 2.42. The Kier molecular flexibility index (Phi) is 3.25. The first-order chi connectivity index (χ1) is 7.66. The van der Waals surface area contributed by atoms with E-state index in [9.17, 15) is 4.79 Å². The Morgan fingerprint density at radius 3 is 3.00 bits per heavy atom. The standard InChI is InChI=1S/C9H9N3O2S2/c1-12-9(10-5-11-12)15-4-6-2-3-7(16-6)8(13)14/h2-3,5H,4H2,1H3,(H,13,14). The summed E-state index contributed by atoms with van der Waals surface area (Å²) in [7, 11) is 1.83. The van der Waals surface area contributed by atoms with E-state index in [1.54, 1.807) is 10.7 Å². The summed E-state index contributed by atoms with van der Waals surface area (Å²) in [6.45, 7) is 0. The number of carboxylic acid groups (broad SMARTS) is 1. The molecule has 0 spiro atoms. The third-order valence-corrected chi connectivity index (χ3v) is 4.22. The van der Waals surface area contributed by atoms with Gasteiger partial charge < -0.3 is 5.11 Å². The van der Waals surface area contributed by atoms with E-state index < -0.39 is 5.97 Å². The highest BCUT2D eigenvalue weighted by Crippen LogP contribution is 2.25. The summed E-state index contributed by atoms with van der Waals surface area (Å²) in [4.78, 5) is 16.1. The fourth-order valence-electron chi connectivity index (χ4n) is 1.12. The second kappa shape index (κ2) is 4.67. The molecule has 2 rings (SSSR count). The van der Waals surface area contributed by atoms with Crippen molar-refractivity contribution in [2.75, 3.05) is 0 Å². The van der Waals surface area contributed by atoms with E-state index in [2.05, 4.69) is 10.1 Å². The molecular formula is C9H9N3O2S2. The maximum Gasteiger partial charge on any atom is 0.345 e. The highest BCUT2D eigenvalue weighted by molar-refractivity contribution is 7.98. The van der Waals surface area contributed by atoms with Crippen LogP contribution < -0.4 is 0 Å². The topological polar surface area (TPSA) is 68.0 Å². The Morgan fingerprint density at radius 2 is 2.44 bits per heavy atom. The molecule has 5 nitrogen and oxygen atoms in total. The highest BCUT2D eigenvalue weighted by atomic mass is 32.2. The zero-order valence-corrected chi connectivity index (χ0v) is 10.1. The lowest BCUT2D eigenvalue weighted by Gasteiger charge is -1.97. The number of carbonyl (C=O) groups is 1. The zero-order valence-electron chi connectivity index (χ0n) is 8.45. The van der Waals surface area contributed by atoms with Crippen molar-refractivity contribution in [3.63, 3.8) is 0 Å². The van der Waals surface area contributed by atoms with Crippen LogP contribution in [0.3, 0.4) is 0 Å². The highest BCUT2D eigenvalue weighted by Gasteiger charge is 2.08. The van der Waals surface area contributed by atoms with Gasteiger partial charge in [-0.15, -0.1) is 11.3 Å². The molecule has 84 valence electrons. The lowest BCUT2D eigenvalue weighted by Crippen LogP contribution is -1.92. The molecular weight excluding hydrogens is 246 g/mol. The molecule has 7 heteroatoms. The Hall–Kier alpha value is -1.34. The fraction of sp³-hybridized carbons (Fsp3) is 0.222. The molecule has 0 amide bonds. The minimum absolute atomic E-state index is 0.369. The van der Waals surface area contributed by atoms with Crippen molar-refractivity contribution in [2.45, 2.75) is 10.9 Å². The first-order valence-electron chi connectivity index (χ1n) is 4.45. The van der Waals surface area contributed by atoms with Gasteiger partial charge >= 0.3 is 5.97 Å². The molecule has 0 aliphatic rings. The Labute approximate surface area is 100 Å². The van der Waals surface area contributed by atoms with Crippen LogP contribution >= 0.6 is 23.1 Å². The predicted molar refractivity (Wildman–Crippen MR) is 61.8 cm³/mol. The summed E-state index contributed by atoms with van der Waals surface area (Å²) in [6.07, 6.45) is 1.50. The summed E-state index contributed by atoms with van der Waals surface area (Å²) in [6, 6.07) is 3.46. The molecule has 0 aliphatic heterocycles. The molecule has 0 radical (unpaired) electrons. The van der Waals surface area contributed by atoms with Gasteiger partial charge in [0, 0.05) is 17.7 Å². The summed E-state index contributed by atoms with van der Waals surface area (Å²) in [5, 5.41) is 13.6. The SMILES string of the molecule is Cn1ncnc1SCc1ccc(C(=O)O)s1. The van der Waals surface area contributed by atoms with E-state index in [1.807, 2.05) is 13.1 Å². The lowest BCUT2D eigenvalue weighted by molar-refractivity contribution is 0.0702. The molecule has 0 unspecified atom stereocenters. The van der Waals surface area contributed by atoms with Crippen LogP contribution in [0, 0.1) is 0 Å². The van der Waals surface area contributed by atoms with Crippen molar-refractivity contribution in [3.05, 3.63) is 28.2 Å². The number of thioether (sulfide) groups is 1. The lowest BCUT2D eigenvalue weighted by atomic mass is 10.4. The zero-order chi connectivity index (χ0) is 11.5. The molecule has 0 saturated carbocycles. The number of nitrogens with zero attached hydrogens (tertiary/aromatic N) is 3. The Balaban J connectivity index is 2.00. The molecule has 2 aromatic rings. The van der Waals surface area contributed by atoms with E-state index in [0.717, 1.165) is 10.0 Å². The number of carboxylic acids is 1. The van der Waals surface area contributed by atoms with E-state index >= 15 is 0 Å². The number of hydrogen-bond donors (Lipinski definition) is 1. The quantitative estimate of drug-likeness (QED) is 0.845. The van der Waals surface area contributed by atoms with Gasteiger partial charge in [-0.25, -0.2) is 14.5 Å². The molecule has 2 heterocycles. The maximum atomic E-state index is 10.7. The molecule has 0 aliphatic carbocycles. The van der Waals surface area contributed by atoms with Crippen molar-refractivity contribution in [1.29, 1.82) is 0 Å². The summed E-state index contributed by atoms with van der Waals surface area (Å²) < 4.78 is 1.69. The molecule has 1 N–H and O–H groups in total. The second-order valence-corrected chi connectivity index (χ2v) is 5.14. The third-order valence-electron chi connectivity index (χ3n) is 1.89. The van der Waals surface area contributed by atoms with Crippen LogP contribution in [0.1, 0.15) is 14.5 Å². The predicted octanol–water partition coefficient (Wildman–Crippen LogP) is 1.87. The second-order valence-electron chi connectivity index (χ2n) is 3.03. The van der Waals surface area contributed by atoms with Crippen LogP contribution in [0.5, 0.6) is 0 Å². The van der Waals surface area contributed by atoms with Gasteiger partial charge in [0.05, 0.1) is 0 Å². The molecule has 0 aromatic carbocycles. The Morgan fingerprint density at radius 1 is 1.62 bits per heavy atom. The number of aromatic nitrogens is 3. The van der Waals surface area contributed by atoms with Crippen molar-refractivity contribution < 1.29 is 9.90 Å².